The van der Waals surface area contributed by atoms with Gasteiger partial charge in [0.1, 0.15) is 0 Å². The number of hydrogen-bond donors (Lipinski definition) is 0. The first-order valence-electron chi connectivity index (χ1n) is 11.4. The molecule has 0 saturated carbocycles. The van der Waals surface area contributed by atoms with E-state index in [1.165, 1.54) is 18.9 Å². The number of hydrogen-bond acceptors (Lipinski definition) is 4. The molecule has 0 spiro atoms. The lowest BCUT2D eigenvalue weighted by Crippen LogP contribution is -2.40. The van der Waals surface area contributed by atoms with Gasteiger partial charge in [0.15, 0.2) is 0 Å². The molecule has 6 nitrogen and oxygen atoms in total. The van der Waals surface area contributed by atoms with Gasteiger partial charge in [-0.1, -0.05) is 29.3 Å². The molecule has 1 aromatic carbocycles. The van der Waals surface area contributed by atoms with E-state index in [1.54, 1.807) is 30.2 Å². The van der Waals surface area contributed by atoms with Crippen LogP contribution in [0, 0.1) is 5.92 Å². The van der Waals surface area contributed by atoms with E-state index in [-0.39, 0.29) is 11.8 Å². The standard InChI is InChI=1S/C24H33Cl2N3O3/c1-32-18-20-4-2-10-27(17-20)11-3-12-28-14-15-29(13-9-24(28)31)23(30)8-6-19-5-7-21(25)22(26)16-19/h5-8,16,20H,2-4,9-15,17-18H2,1H3/b8-6+. The van der Waals surface area contributed by atoms with Crippen molar-refractivity contribution in [2.45, 2.75) is 25.7 Å². The summed E-state index contributed by atoms with van der Waals surface area (Å²) in [5, 5.41) is 0.937. The second-order valence-corrected chi connectivity index (χ2v) is 9.40. The minimum absolute atomic E-state index is 0.0942. The molecule has 0 bridgehead atoms. The number of carbonyl (C=O) groups excluding carboxylic acids is 2. The van der Waals surface area contributed by atoms with Crippen LogP contribution < -0.4 is 0 Å². The van der Waals surface area contributed by atoms with Crippen LogP contribution >= 0.6 is 23.2 Å². The summed E-state index contributed by atoms with van der Waals surface area (Å²) in [6.07, 6.45) is 7.03. The predicted molar refractivity (Wildman–Crippen MR) is 129 cm³/mol. The molecule has 0 radical (unpaired) electrons. The molecule has 2 aliphatic rings. The SMILES string of the molecule is COCC1CCCN(CCCN2CCN(C(=O)/C=C/c3ccc(Cl)c(Cl)c3)CCC2=O)C1. The van der Waals surface area contributed by atoms with E-state index in [4.69, 9.17) is 27.9 Å². The normalized spacial score (nSPS) is 20.7. The van der Waals surface area contributed by atoms with Gasteiger partial charge in [-0.3, -0.25) is 9.59 Å². The number of ether oxygens (including phenoxy) is 1. The maximum absolute atomic E-state index is 12.6. The van der Waals surface area contributed by atoms with Gasteiger partial charge in [0.05, 0.1) is 16.7 Å². The highest BCUT2D eigenvalue weighted by Crippen LogP contribution is 2.23. The number of piperidine rings is 1. The monoisotopic (exact) mass is 481 g/mol. The van der Waals surface area contributed by atoms with Gasteiger partial charge in [-0.25, -0.2) is 0 Å². The van der Waals surface area contributed by atoms with Crippen molar-refractivity contribution >= 4 is 41.1 Å². The lowest BCUT2D eigenvalue weighted by atomic mass is 9.99. The molecule has 2 aliphatic heterocycles. The minimum atomic E-state index is -0.0942. The van der Waals surface area contributed by atoms with Crippen molar-refractivity contribution in [2.75, 3.05) is 59.5 Å². The highest BCUT2D eigenvalue weighted by molar-refractivity contribution is 6.42. The Morgan fingerprint density at radius 2 is 2.00 bits per heavy atom. The zero-order valence-corrected chi connectivity index (χ0v) is 20.3. The average molecular weight is 482 g/mol. The van der Waals surface area contributed by atoms with Gasteiger partial charge in [0, 0.05) is 52.3 Å². The summed E-state index contributed by atoms with van der Waals surface area (Å²) < 4.78 is 5.31. The molecule has 0 N–H and O–H groups in total. The average Bonchev–Trinajstić information content (AvgIpc) is 2.97. The maximum Gasteiger partial charge on any atom is 0.246 e. The molecule has 2 saturated heterocycles. The maximum atomic E-state index is 12.6. The number of rotatable bonds is 8. The Bertz CT molecular complexity index is 816. The zero-order valence-electron chi connectivity index (χ0n) is 18.8. The van der Waals surface area contributed by atoms with Crippen LogP contribution in [-0.2, 0) is 14.3 Å². The molecule has 1 unspecified atom stereocenters. The molecule has 2 fully saturated rings. The Kier molecular flexibility index (Phi) is 9.85. The van der Waals surface area contributed by atoms with E-state index in [2.05, 4.69) is 4.90 Å². The summed E-state index contributed by atoms with van der Waals surface area (Å²) in [5.41, 5.74) is 0.811. The topological polar surface area (TPSA) is 53.1 Å². The van der Waals surface area contributed by atoms with Crippen LogP contribution in [0.1, 0.15) is 31.2 Å². The van der Waals surface area contributed by atoms with Gasteiger partial charge < -0.3 is 19.4 Å². The second-order valence-electron chi connectivity index (χ2n) is 8.58. The molecule has 3 rings (SSSR count). The smallest absolute Gasteiger partial charge is 0.246 e. The number of methoxy groups -OCH3 is 1. The fourth-order valence-corrected chi connectivity index (χ4v) is 4.73. The van der Waals surface area contributed by atoms with Crippen molar-refractivity contribution in [1.29, 1.82) is 0 Å². The Morgan fingerprint density at radius 3 is 2.78 bits per heavy atom. The first kappa shape index (κ1) is 25.0. The Hall–Kier alpha value is -1.60. The van der Waals surface area contributed by atoms with Crippen molar-refractivity contribution < 1.29 is 14.3 Å². The van der Waals surface area contributed by atoms with Gasteiger partial charge >= 0.3 is 0 Å². The van der Waals surface area contributed by atoms with Gasteiger partial charge in [-0.15, -0.1) is 0 Å². The lowest BCUT2D eigenvalue weighted by molar-refractivity contribution is -0.130. The molecule has 32 heavy (non-hydrogen) atoms. The minimum Gasteiger partial charge on any atom is -0.384 e. The first-order valence-corrected chi connectivity index (χ1v) is 12.1. The number of carbonyl (C=O) groups is 2. The van der Waals surface area contributed by atoms with Crippen LogP contribution in [-0.4, -0.2) is 86.0 Å². The number of likely N-dealkylation sites (tertiary alicyclic amines) is 1. The van der Waals surface area contributed by atoms with E-state index in [9.17, 15) is 9.59 Å². The molecule has 2 amide bonds. The Balaban J connectivity index is 1.44. The highest BCUT2D eigenvalue weighted by Gasteiger charge is 2.23. The van der Waals surface area contributed by atoms with E-state index >= 15 is 0 Å². The summed E-state index contributed by atoms with van der Waals surface area (Å²) in [6.45, 7) is 6.35. The van der Waals surface area contributed by atoms with Crippen LogP contribution in [0.25, 0.3) is 6.08 Å². The summed E-state index contributed by atoms with van der Waals surface area (Å²) in [7, 11) is 1.76. The molecule has 8 heteroatoms. The zero-order chi connectivity index (χ0) is 22.9. The van der Waals surface area contributed by atoms with Crippen LogP contribution in [0.4, 0.5) is 0 Å². The lowest BCUT2D eigenvalue weighted by Gasteiger charge is -2.33. The third-order valence-electron chi connectivity index (χ3n) is 6.17. The van der Waals surface area contributed by atoms with Crippen molar-refractivity contribution in [2.24, 2.45) is 5.92 Å². The van der Waals surface area contributed by atoms with Crippen LogP contribution in [0.3, 0.4) is 0 Å². The molecule has 0 aliphatic carbocycles. The van der Waals surface area contributed by atoms with Crippen LogP contribution in [0.2, 0.25) is 10.0 Å². The summed E-state index contributed by atoms with van der Waals surface area (Å²) >= 11 is 12.0. The first-order chi connectivity index (χ1) is 15.5. The van der Waals surface area contributed by atoms with Crippen molar-refractivity contribution in [3.05, 3.63) is 39.9 Å². The molecular weight excluding hydrogens is 449 g/mol. The molecule has 176 valence electrons. The molecule has 1 aromatic rings. The van der Waals surface area contributed by atoms with E-state index < -0.39 is 0 Å². The number of benzene rings is 1. The largest absolute Gasteiger partial charge is 0.384 e. The van der Waals surface area contributed by atoms with Crippen molar-refractivity contribution in [3.63, 3.8) is 0 Å². The number of nitrogens with zero attached hydrogens (tertiary/aromatic N) is 3. The highest BCUT2D eigenvalue weighted by atomic mass is 35.5. The number of amides is 2. The fraction of sp³-hybridized carbons (Fsp3) is 0.583. The van der Waals surface area contributed by atoms with Crippen molar-refractivity contribution in [1.82, 2.24) is 14.7 Å². The summed E-state index contributed by atoms with van der Waals surface area (Å²) in [5.74, 6) is 0.651. The molecule has 1 atom stereocenters. The van der Waals surface area contributed by atoms with E-state index in [1.807, 2.05) is 11.0 Å². The summed E-state index contributed by atoms with van der Waals surface area (Å²) in [4.78, 5) is 31.3. The van der Waals surface area contributed by atoms with E-state index in [0.29, 0.717) is 42.0 Å². The predicted octanol–water partition coefficient (Wildman–Crippen LogP) is 3.82. The fourth-order valence-electron chi connectivity index (χ4n) is 4.42. The quantitative estimate of drug-likeness (QED) is 0.529. The number of halogens is 2. The van der Waals surface area contributed by atoms with Gasteiger partial charge in [0.25, 0.3) is 0 Å². The third kappa shape index (κ3) is 7.48. The van der Waals surface area contributed by atoms with Gasteiger partial charge in [-0.2, -0.15) is 0 Å². The molecule has 0 aromatic heterocycles. The van der Waals surface area contributed by atoms with Crippen molar-refractivity contribution in [3.8, 4) is 0 Å². The van der Waals surface area contributed by atoms with Crippen LogP contribution in [0.15, 0.2) is 24.3 Å². The molecular formula is C24H33Cl2N3O3. The molecule has 2 heterocycles. The van der Waals surface area contributed by atoms with Gasteiger partial charge in [0.2, 0.25) is 11.8 Å². The Morgan fingerprint density at radius 1 is 1.16 bits per heavy atom. The van der Waals surface area contributed by atoms with E-state index in [0.717, 1.165) is 44.8 Å². The Labute approximate surface area is 201 Å². The van der Waals surface area contributed by atoms with Crippen LogP contribution in [0.5, 0.6) is 0 Å². The summed E-state index contributed by atoms with van der Waals surface area (Å²) in [6, 6.07) is 5.24. The van der Waals surface area contributed by atoms with Gasteiger partial charge in [-0.05, 0) is 62.0 Å². The second kappa shape index (κ2) is 12.6. The third-order valence-corrected chi connectivity index (χ3v) is 6.91.